The van der Waals surface area contributed by atoms with Gasteiger partial charge in [0.1, 0.15) is 18.2 Å². The van der Waals surface area contributed by atoms with E-state index in [4.69, 9.17) is 16.3 Å². The average molecular weight is 354 g/mol. The Balaban J connectivity index is 1.50. The monoisotopic (exact) mass is 353 g/mol. The number of nitrogens with one attached hydrogen (secondary N) is 2. The average Bonchev–Trinajstić information content (AvgIpc) is 3.09. The van der Waals surface area contributed by atoms with Crippen LogP contribution in [0.25, 0.3) is 0 Å². The predicted octanol–water partition coefficient (Wildman–Crippen LogP) is 4.12. The molecule has 1 aliphatic heterocycles. The topological polar surface area (TPSA) is 67.0 Å². The van der Waals surface area contributed by atoms with Crippen LogP contribution in [0.4, 0.5) is 5.82 Å². The highest BCUT2D eigenvalue weighted by Crippen LogP contribution is 2.36. The third-order valence-electron chi connectivity index (χ3n) is 4.33. The number of nitrogens with zero attached hydrogens (tertiary/aromatic N) is 1. The largest absolute Gasteiger partial charge is 0.489 e. The van der Waals surface area contributed by atoms with Crippen LogP contribution in [-0.4, -0.2) is 16.1 Å². The molecular weight excluding hydrogens is 338 g/mol. The minimum absolute atomic E-state index is 0.000109. The second-order valence-corrected chi connectivity index (χ2v) is 6.36. The Bertz CT molecular complexity index is 905. The van der Waals surface area contributed by atoms with Crippen LogP contribution in [0, 0.1) is 0 Å². The summed E-state index contributed by atoms with van der Waals surface area (Å²) in [6.45, 7) is 0.413. The molecule has 0 radical (unpaired) electrons. The van der Waals surface area contributed by atoms with Gasteiger partial charge >= 0.3 is 0 Å². The van der Waals surface area contributed by atoms with E-state index in [1.807, 2.05) is 48.5 Å². The van der Waals surface area contributed by atoms with E-state index in [1.54, 1.807) is 6.20 Å². The minimum Gasteiger partial charge on any atom is -0.489 e. The molecule has 2 N–H and O–H groups in total. The molecule has 2 aromatic carbocycles. The van der Waals surface area contributed by atoms with Crippen LogP contribution in [0.1, 0.15) is 29.0 Å². The highest BCUT2D eigenvalue weighted by Gasteiger charge is 2.27. The number of H-pyrrole nitrogens is 1. The van der Waals surface area contributed by atoms with Crippen molar-refractivity contribution >= 4 is 23.3 Å². The van der Waals surface area contributed by atoms with Crippen molar-refractivity contribution in [3.8, 4) is 5.75 Å². The number of anilines is 1. The minimum atomic E-state index is -0.0132. The van der Waals surface area contributed by atoms with Crippen LogP contribution in [0.15, 0.2) is 54.7 Å². The van der Waals surface area contributed by atoms with Crippen LogP contribution in [0.5, 0.6) is 5.75 Å². The van der Waals surface area contributed by atoms with Gasteiger partial charge in [0.2, 0.25) is 5.91 Å². The molecule has 1 atom stereocenters. The standard InChI is InChI=1S/C19H16ClN3O2/c20-17-4-2-1-3-13(17)11-25-14-7-5-12(6-8-14)15-9-18(24)22-19-16(15)10-21-23-19/h1-8,10,15H,9,11H2,(H2,21,22,23,24)/t15-/m0/s1. The molecule has 0 unspecified atom stereocenters. The molecule has 1 aliphatic rings. The van der Waals surface area contributed by atoms with E-state index in [9.17, 15) is 4.79 Å². The van der Waals surface area contributed by atoms with Crippen LogP contribution >= 0.6 is 11.6 Å². The van der Waals surface area contributed by atoms with E-state index >= 15 is 0 Å². The molecule has 1 aromatic heterocycles. The first kappa shape index (κ1) is 15.7. The summed E-state index contributed by atoms with van der Waals surface area (Å²) < 4.78 is 5.81. The van der Waals surface area contributed by atoms with Gasteiger partial charge in [-0.2, -0.15) is 5.10 Å². The third kappa shape index (κ3) is 3.23. The first-order valence-corrected chi connectivity index (χ1v) is 8.38. The summed E-state index contributed by atoms with van der Waals surface area (Å²) in [7, 11) is 0. The smallest absolute Gasteiger partial charge is 0.226 e. The van der Waals surface area contributed by atoms with E-state index in [-0.39, 0.29) is 11.8 Å². The quantitative estimate of drug-likeness (QED) is 0.741. The van der Waals surface area contributed by atoms with E-state index in [2.05, 4.69) is 15.5 Å². The second kappa shape index (κ2) is 6.61. The Kier molecular flexibility index (Phi) is 4.15. The molecule has 25 heavy (non-hydrogen) atoms. The lowest BCUT2D eigenvalue weighted by molar-refractivity contribution is -0.116. The molecule has 0 saturated heterocycles. The van der Waals surface area contributed by atoms with Crippen LogP contribution < -0.4 is 10.1 Å². The van der Waals surface area contributed by atoms with Gasteiger partial charge in [-0.15, -0.1) is 0 Å². The molecule has 5 nitrogen and oxygen atoms in total. The van der Waals surface area contributed by atoms with E-state index in [0.717, 1.165) is 22.4 Å². The highest BCUT2D eigenvalue weighted by molar-refractivity contribution is 6.31. The zero-order valence-electron chi connectivity index (χ0n) is 13.3. The van der Waals surface area contributed by atoms with Crippen LogP contribution in [0.2, 0.25) is 5.02 Å². The van der Waals surface area contributed by atoms with Crippen molar-refractivity contribution in [2.45, 2.75) is 18.9 Å². The Labute approximate surface area is 150 Å². The molecule has 0 spiro atoms. The molecule has 0 fully saturated rings. The number of hydrogen-bond acceptors (Lipinski definition) is 3. The summed E-state index contributed by atoms with van der Waals surface area (Å²) in [4.78, 5) is 11.9. The number of aromatic amines is 1. The second-order valence-electron chi connectivity index (χ2n) is 5.95. The van der Waals surface area contributed by atoms with Crippen LogP contribution in [-0.2, 0) is 11.4 Å². The molecule has 3 aromatic rings. The molecule has 4 rings (SSSR count). The van der Waals surface area contributed by atoms with Crippen molar-refractivity contribution < 1.29 is 9.53 Å². The van der Waals surface area contributed by atoms with Gasteiger partial charge in [-0.25, -0.2) is 0 Å². The van der Waals surface area contributed by atoms with E-state index in [0.29, 0.717) is 23.9 Å². The summed E-state index contributed by atoms with van der Waals surface area (Å²) in [5, 5.41) is 10.3. The summed E-state index contributed by atoms with van der Waals surface area (Å²) in [6.07, 6.45) is 2.17. The van der Waals surface area contributed by atoms with Gasteiger partial charge in [0.05, 0.1) is 6.20 Å². The predicted molar refractivity (Wildman–Crippen MR) is 95.9 cm³/mol. The fourth-order valence-corrected chi connectivity index (χ4v) is 3.21. The molecule has 0 aliphatic carbocycles. The van der Waals surface area contributed by atoms with E-state index < -0.39 is 0 Å². The zero-order chi connectivity index (χ0) is 17.2. The number of benzene rings is 2. The van der Waals surface area contributed by atoms with Gasteiger partial charge in [-0.1, -0.05) is 41.9 Å². The molecule has 0 saturated carbocycles. The number of ether oxygens (including phenoxy) is 1. The number of fused-ring (bicyclic) bond motifs is 1. The van der Waals surface area contributed by atoms with Crippen molar-refractivity contribution in [1.82, 2.24) is 10.2 Å². The maximum absolute atomic E-state index is 11.9. The number of amides is 1. The van der Waals surface area contributed by atoms with E-state index in [1.165, 1.54) is 0 Å². The fourth-order valence-electron chi connectivity index (χ4n) is 3.02. The van der Waals surface area contributed by atoms with Gasteiger partial charge in [0, 0.05) is 28.5 Å². The summed E-state index contributed by atoms with van der Waals surface area (Å²) in [5.74, 6) is 1.43. The number of rotatable bonds is 4. The van der Waals surface area contributed by atoms with Crippen molar-refractivity contribution in [2.24, 2.45) is 0 Å². The van der Waals surface area contributed by atoms with Gasteiger partial charge in [0.15, 0.2) is 0 Å². The number of carbonyl (C=O) groups is 1. The first-order chi connectivity index (χ1) is 12.2. The van der Waals surface area contributed by atoms with Crippen molar-refractivity contribution in [3.63, 3.8) is 0 Å². The Morgan fingerprint density at radius 3 is 2.76 bits per heavy atom. The summed E-state index contributed by atoms with van der Waals surface area (Å²) in [6, 6.07) is 15.4. The van der Waals surface area contributed by atoms with Crippen molar-refractivity contribution in [1.29, 1.82) is 0 Å². The number of hydrogen-bond donors (Lipinski definition) is 2. The maximum atomic E-state index is 11.9. The summed E-state index contributed by atoms with van der Waals surface area (Å²) in [5.41, 5.74) is 3.01. The Hall–Kier alpha value is -2.79. The van der Waals surface area contributed by atoms with Gasteiger partial charge in [-0.3, -0.25) is 9.89 Å². The van der Waals surface area contributed by atoms with Gasteiger partial charge < -0.3 is 10.1 Å². The Morgan fingerprint density at radius 2 is 1.96 bits per heavy atom. The van der Waals surface area contributed by atoms with Crippen molar-refractivity contribution in [3.05, 3.63) is 76.4 Å². The molecule has 1 amide bonds. The lowest BCUT2D eigenvalue weighted by Crippen LogP contribution is -2.22. The highest BCUT2D eigenvalue weighted by atomic mass is 35.5. The lowest BCUT2D eigenvalue weighted by Gasteiger charge is -2.22. The summed E-state index contributed by atoms with van der Waals surface area (Å²) >= 11 is 6.14. The molecule has 2 heterocycles. The fraction of sp³-hybridized carbons (Fsp3) is 0.158. The molecule has 126 valence electrons. The molecule has 0 bridgehead atoms. The maximum Gasteiger partial charge on any atom is 0.226 e. The number of carbonyl (C=O) groups excluding carboxylic acids is 1. The molecule has 6 heteroatoms. The third-order valence-corrected chi connectivity index (χ3v) is 4.70. The Morgan fingerprint density at radius 1 is 1.16 bits per heavy atom. The van der Waals surface area contributed by atoms with Gasteiger partial charge in [-0.05, 0) is 23.8 Å². The number of halogens is 1. The normalized spacial score (nSPS) is 16.2. The van der Waals surface area contributed by atoms with Crippen LogP contribution in [0.3, 0.4) is 0 Å². The van der Waals surface area contributed by atoms with Crippen molar-refractivity contribution in [2.75, 3.05) is 5.32 Å². The number of aromatic nitrogens is 2. The lowest BCUT2D eigenvalue weighted by atomic mass is 9.87. The van der Waals surface area contributed by atoms with Gasteiger partial charge in [0.25, 0.3) is 0 Å². The SMILES string of the molecule is O=C1C[C@@H](c2ccc(OCc3ccccc3Cl)cc2)c2cn[nH]c2N1. The molecular formula is C19H16ClN3O2. The zero-order valence-corrected chi connectivity index (χ0v) is 14.1. The first-order valence-electron chi connectivity index (χ1n) is 8.00.